The highest BCUT2D eigenvalue weighted by molar-refractivity contribution is 5.76. The summed E-state index contributed by atoms with van der Waals surface area (Å²) in [5, 5.41) is 10.8. The number of aryl methyl sites for hydroxylation is 1. The van der Waals surface area contributed by atoms with E-state index in [9.17, 15) is 4.79 Å². The van der Waals surface area contributed by atoms with Gasteiger partial charge in [0.05, 0.1) is 0 Å². The van der Waals surface area contributed by atoms with Gasteiger partial charge in [-0.3, -0.25) is 9.78 Å². The molecule has 0 aliphatic carbocycles. The minimum Gasteiger partial charge on any atom is -0.419 e. The van der Waals surface area contributed by atoms with Crippen LogP contribution < -0.4 is 5.32 Å². The van der Waals surface area contributed by atoms with Crippen molar-refractivity contribution in [2.75, 3.05) is 6.54 Å². The molecule has 122 valence electrons. The number of hydrogen-bond acceptors (Lipinski definition) is 5. The van der Waals surface area contributed by atoms with E-state index in [2.05, 4.69) is 20.5 Å². The van der Waals surface area contributed by atoms with E-state index in [1.165, 1.54) is 0 Å². The number of aromatic nitrogens is 3. The zero-order valence-corrected chi connectivity index (χ0v) is 13.2. The van der Waals surface area contributed by atoms with Crippen molar-refractivity contribution < 1.29 is 9.21 Å². The Morgan fingerprint density at radius 1 is 1.00 bits per heavy atom. The van der Waals surface area contributed by atoms with E-state index in [0.717, 1.165) is 12.0 Å². The van der Waals surface area contributed by atoms with Crippen LogP contribution in [0.4, 0.5) is 0 Å². The van der Waals surface area contributed by atoms with Gasteiger partial charge >= 0.3 is 0 Å². The predicted octanol–water partition coefficient (Wildman–Crippen LogP) is 2.42. The molecular weight excluding hydrogens is 304 g/mol. The normalized spacial score (nSPS) is 10.5. The predicted molar refractivity (Wildman–Crippen MR) is 89.0 cm³/mol. The number of nitrogens with one attached hydrogen (secondary N) is 1. The zero-order chi connectivity index (χ0) is 16.6. The van der Waals surface area contributed by atoms with Gasteiger partial charge in [0.25, 0.3) is 5.89 Å². The van der Waals surface area contributed by atoms with Crippen molar-refractivity contribution >= 4 is 5.91 Å². The number of nitrogens with zero attached hydrogens (tertiary/aromatic N) is 3. The lowest BCUT2D eigenvalue weighted by atomic mass is 10.1. The van der Waals surface area contributed by atoms with E-state index >= 15 is 0 Å². The number of benzene rings is 1. The molecule has 0 atom stereocenters. The van der Waals surface area contributed by atoms with Crippen molar-refractivity contribution in [2.24, 2.45) is 0 Å². The summed E-state index contributed by atoms with van der Waals surface area (Å²) in [5.41, 5.74) is 1.80. The molecule has 0 saturated heterocycles. The number of hydrogen-bond donors (Lipinski definition) is 1. The maximum absolute atomic E-state index is 11.8. The smallest absolute Gasteiger partial charge is 0.266 e. The molecule has 0 bridgehead atoms. The lowest BCUT2D eigenvalue weighted by molar-refractivity contribution is -0.121. The summed E-state index contributed by atoms with van der Waals surface area (Å²) in [6.07, 6.45) is 3.37. The van der Waals surface area contributed by atoms with E-state index < -0.39 is 0 Å². The third kappa shape index (κ3) is 4.49. The zero-order valence-electron chi connectivity index (χ0n) is 13.2. The van der Waals surface area contributed by atoms with Crippen LogP contribution >= 0.6 is 0 Å². The van der Waals surface area contributed by atoms with Crippen LogP contribution in [-0.4, -0.2) is 27.6 Å². The fourth-order valence-electron chi connectivity index (χ4n) is 2.25. The standard InChI is InChI=1S/C18H18N4O2/c23-16(10-9-14-6-2-1-3-7-14)20-13-11-17-21-22-18(24-17)15-8-4-5-12-19-15/h1-8,12H,9-11,13H2,(H,20,23). The third-order valence-electron chi connectivity index (χ3n) is 3.50. The van der Waals surface area contributed by atoms with Gasteiger partial charge < -0.3 is 9.73 Å². The Morgan fingerprint density at radius 3 is 2.62 bits per heavy atom. The van der Waals surface area contributed by atoms with E-state index in [4.69, 9.17) is 4.42 Å². The molecule has 0 spiro atoms. The molecule has 1 N–H and O–H groups in total. The summed E-state index contributed by atoms with van der Waals surface area (Å²) in [6.45, 7) is 0.470. The lowest BCUT2D eigenvalue weighted by Gasteiger charge is -2.03. The van der Waals surface area contributed by atoms with Gasteiger partial charge in [-0.2, -0.15) is 0 Å². The van der Waals surface area contributed by atoms with Gasteiger partial charge in [-0.1, -0.05) is 36.4 Å². The first kappa shape index (κ1) is 15.9. The van der Waals surface area contributed by atoms with Gasteiger partial charge in [-0.05, 0) is 24.1 Å². The van der Waals surface area contributed by atoms with Crippen LogP contribution in [0.5, 0.6) is 0 Å². The molecule has 1 aromatic carbocycles. The van der Waals surface area contributed by atoms with Crippen LogP contribution in [0.3, 0.4) is 0 Å². The average molecular weight is 322 g/mol. The second-order valence-electron chi connectivity index (χ2n) is 5.30. The molecule has 24 heavy (non-hydrogen) atoms. The Balaban J connectivity index is 1.42. The monoisotopic (exact) mass is 322 g/mol. The summed E-state index contributed by atoms with van der Waals surface area (Å²) < 4.78 is 5.54. The van der Waals surface area contributed by atoms with E-state index in [-0.39, 0.29) is 5.91 Å². The highest BCUT2D eigenvalue weighted by atomic mass is 16.4. The first-order valence-electron chi connectivity index (χ1n) is 7.85. The van der Waals surface area contributed by atoms with Crippen molar-refractivity contribution in [2.45, 2.75) is 19.3 Å². The van der Waals surface area contributed by atoms with Crippen molar-refractivity contribution in [3.05, 3.63) is 66.2 Å². The molecule has 0 aliphatic rings. The first-order valence-corrected chi connectivity index (χ1v) is 7.85. The van der Waals surface area contributed by atoms with Gasteiger partial charge in [-0.15, -0.1) is 10.2 Å². The molecule has 1 amide bonds. The topological polar surface area (TPSA) is 80.9 Å². The highest BCUT2D eigenvalue weighted by Crippen LogP contribution is 2.14. The molecular formula is C18H18N4O2. The highest BCUT2D eigenvalue weighted by Gasteiger charge is 2.09. The van der Waals surface area contributed by atoms with E-state index in [0.29, 0.717) is 36.9 Å². The summed E-state index contributed by atoms with van der Waals surface area (Å²) in [4.78, 5) is 16.0. The molecule has 0 aliphatic heterocycles. The van der Waals surface area contributed by atoms with Gasteiger partial charge in [0.2, 0.25) is 11.8 Å². The lowest BCUT2D eigenvalue weighted by Crippen LogP contribution is -2.25. The molecule has 6 nitrogen and oxygen atoms in total. The summed E-state index contributed by atoms with van der Waals surface area (Å²) in [7, 11) is 0. The Bertz CT molecular complexity index is 772. The minimum atomic E-state index is 0.0170. The number of rotatable bonds is 7. The van der Waals surface area contributed by atoms with Gasteiger partial charge in [0.1, 0.15) is 5.69 Å². The van der Waals surface area contributed by atoms with Crippen molar-refractivity contribution in [3.8, 4) is 11.6 Å². The average Bonchev–Trinajstić information content (AvgIpc) is 3.11. The molecule has 0 saturated carbocycles. The van der Waals surface area contributed by atoms with Crippen LogP contribution in [0.15, 0.2) is 59.1 Å². The molecule has 0 fully saturated rings. The summed E-state index contributed by atoms with van der Waals surface area (Å²) >= 11 is 0. The maximum Gasteiger partial charge on any atom is 0.266 e. The molecule has 0 radical (unpaired) electrons. The van der Waals surface area contributed by atoms with Crippen LogP contribution in [0.2, 0.25) is 0 Å². The van der Waals surface area contributed by atoms with Crippen LogP contribution in [-0.2, 0) is 17.6 Å². The third-order valence-corrected chi connectivity index (χ3v) is 3.50. The number of carbonyl (C=O) groups is 1. The number of carbonyl (C=O) groups excluding carboxylic acids is 1. The van der Waals surface area contributed by atoms with Gasteiger partial charge in [0.15, 0.2) is 0 Å². The SMILES string of the molecule is O=C(CCc1ccccc1)NCCc1nnc(-c2ccccn2)o1. The molecule has 6 heteroatoms. The van der Waals surface area contributed by atoms with Crippen LogP contribution in [0.25, 0.3) is 11.6 Å². The summed E-state index contributed by atoms with van der Waals surface area (Å²) in [5.74, 6) is 0.892. The minimum absolute atomic E-state index is 0.0170. The van der Waals surface area contributed by atoms with Crippen molar-refractivity contribution in [3.63, 3.8) is 0 Å². The molecule has 3 rings (SSSR count). The molecule has 0 unspecified atom stereocenters. The fourth-order valence-corrected chi connectivity index (χ4v) is 2.25. The Labute approximate surface area is 140 Å². The van der Waals surface area contributed by atoms with Crippen molar-refractivity contribution in [1.82, 2.24) is 20.5 Å². The number of pyridine rings is 1. The molecule has 2 aromatic heterocycles. The van der Waals surface area contributed by atoms with E-state index in [1.54, 1.807) is 6.20 Å². The van der Waals surface area contributed by atoms with E-state index in [1.807, 2.05) is 48.5 Å². The largest absolute Gasteiger partial charge is 0.419 e. The van der Waals surface area contributed by atoms with Crippen molar-refractivity contribution in [1.29, 1.82) is 0 Å². The molecule has 2 heterocycles. The molecule has 3 aromatic rings. The maximum atomic E-state index is 11.8. The quantitative estimate of drug-likeness (QED) is 0.722. The first-order chi connectivity index (χ1) is 11.8. The summed E-state index contributed by atoms with van der Waals surface area (Å²) in [6, 6.07) is 15.4. The fraction of sp³-hybridized carbons (Fsp3) is 0.222. The van der Waals surface area contributed by atoms with Crippen LogP contribution in [0.1, 0.15) is 17.9 Å². The van der Waals surface area contributed by atoms with Gasteiger partial charge in [0, 0.05) is 25.6 Å². The second-order valence-corrected chi connectivity index (χ2v) is 5.30. The second kappa shape index (κ2) is 8.01. The Kier molecular flexibility index (Phi) is 5.29. The number of amides is 1. The Hall–Kier alpha value is -3.02. The van der Waals surface area contributed by atoms with Crippen LogP contribution in [0, 0.1) is 0 Å². The Morgan fingerprint density at radius 2 is 1.83 bits per heavy atom. The van der Waals surface area contributed by atoms with Gasteiger partial charge in [-0.25, -0.2) is 0 Å².